The molecule has 0 spiro atoms. The number of carbonyl (C=O) groups is 1. The van der Waals surface area contributed by atoms with Gasteiger partial charge in [-0.25, -0.2) is 0 Å². The van der Waals surface area contributed by atoms with E-state index in [0.717, 1.165) is 29.6 Å². The summed E-state index contributed by atoms with van der Waals surface area (Å²) in [5.74, 6) is 1.77. The second-order valence-electron chi connectivity index (χ2n) is 6.30. The van der Waals surface area contributed by atoms with Gasteiger partial charge in [-0.05, 0) is 37.8 Å². The van der Waals surface area contributed by atoms with E-state index in [0.29, 0.717) is 5.92 Å². The largest absolute Gasteiger partial charge is 0.311 e. The summed E-state index contributed by atoms with van der Waals surface area (Å²) in [5.41, 5.74) is 2.31. The van der Waals surface area contributed by atoms with Gasteiger partial charge in [-0.15, -0.1) is 10.2 Å². The van der Waals surface area contributed by atoms with E-state index in [9.17, 15) is 4.79 Å². The summed E-state index contributed by atoms with van der Waals surface area (Å²) < 4.78 is 2.05. The van der Waals surface area contributed by atoms with Crippen molar-refractivity contribution in [3.63, 3.8) is 0 Å². The molecule has 1 amide bonds. The van der Waals surface area contributed by atoms with Gasteiger partial charge in [0.25, 0.3) is 0 Å². The number of anilines is 1. The predicted molar refractivity (Wildman–Crippen MR) is 90.8 cm³/mol. The Morgan fingerprint density at radius 2 is 2.09 bits per heavy atom. The van der Waals surface area contributed by atoms with E-state index in [2.05, 4.69) is 16.3 Å². The van der Waals surface area contributed by atoms with Gasteiger partial charge in [-0.2, -0.15) is 0 Å². The van der Waals surface area contributed by atoms with Crippen LogP contribution in [0.3, 0.4) is 0 Å². The number of aromatic nitrogens is 3. The lowest BCUT2D eigenvalue weighted by molar-refractivity contribution is -0.117. The highest BCUT2D eigenvalue weighted by Crippen LogP contribution is 2.40. The summed E-state index contributed by atoms with van der Waals surface area (Å²) in [7, 11) is 2.00. The monoisotopic (exact) mass is 328 g/mol. The smallest absolute Gasteiger partial charge is 0.240 e. The SMILES string of the molecule is C[C@@H](Sc1nnc(C2CC2)n1C)C(=O)N1CCc2ccccc21. The first-order valence-corrected chi connectivity index (χ1v) is 8.98. The molecule has 0 unspecified atom stereocenters. The Morgan fingerprint density at radius 1 is 1.30 bits per heavy atom. The Balaban J connectivity index is 1.49. The van der Waals surface area contributed by atoms with Gasteiger partial charge in [0.05, 0.1) is 5.25 Å². The van der Waals surface area contributed by atoms with Gasteiger partial charge in [0, 0.05) is 25.2 Å². The summed E-state index contributed by atoms with van der Waals surface area (Å²) in [5, 5.41) is 9.23. The van der Waals surface area contributed by atoms with Gasteiger partial charge >= 0.3 is 0 Å². The molecular weight excluding hydrogens is 308 g/mol. The minimum Gasteiger partial charge on any atom is -0.311 e. The summed E-state index contributed by atoms with van der Waals surface area (Å²) in [6.07, 6.45) is 3.35. The van der Waals surface area contributed by atoms with Crippen molar-refractivity contribution < 1.29 is 4.79 Å². The van der Waals surface area contributed by atoms with Gasteiger partial charge in [0.15, 0.2) is 5.16 Å². The molecule has 0 bridgehead atoms. The minimum atomic E-state index is -0.170. The molecule has 0 N–H and O–H groups in total. The van der Waals surface area contributed by atoms with Crippen LogP contribution in [0.15, 0.2) is 29.4 Å². The van der Waals surface area contributed by atoms with Crippen LogP contribution in [0.5, 0.6) is 0 Å². The molecule has 1 saturated carbocycles. The zero-order valence-electron chi connectivity index (χ0n) is 13.4. The van der Waals surface area contributed by atoms with Crippen molar-refractivity contribution in [2.24, 2.45) is 7.05 Å². The molecular formula is C17H20N4OS. The molecule has 1 aliphatic heterocycles. The Bertz CT molecular complexity index is 753. The highest BCUT2D eigenvalue weighted by molar-refractivity contribution is 8.00. The van der Waals surface area contributed by atoms with Crippen LogP contribution in [-0.2, 0) is 18.3 Å². The number of thioether (sulfide) groups is 1. The number of fused-ring (bicyclic) bond motifs is 1. The Hall–Kier alpha value is -1.82. The minimum absolute atomic E-state index is 0.149. The molecule has 1 aliphatic carbocycles. The molecule has 1 aromatic heterocycles. The van der Waals surface area contributed by atoms with Gasteiger partial charge in [0.1, 0.15) is 5.82 Å². The van der Waals surface area contributed by atoms with E-state index < -0.39 is 0 Å². The van der Waals surface area contributed by atoms with E-state index in [-0.39, 0.29) is 11.2 Å². The molecule has 23 heavy (non-hydrogen) atoms. The fraction of sp³-hybridized carbons (Fsp3) is 0.471. The average molecular weight is 328 g/mol. The quantitative estimate of drug-likeness (QED) is 0.810. The number of carbonyl (C=O) groups excluding carboxylic acids is 1. The fourth-order valence-electron chi connectivity index (χ4n) is 3.12. The summed E-state index contributed by atoms with van der Waals surface area (Å²) >= 11 is 1.50. The van der Waals surface area contributed by atoms with E-state index in [1.54, 1.807) is 0 Å². The normalized spacial score (nSPS) is 18.1. The third-order valence-electron chi connectivity index (χ3n) is 4.59. The lowest BCUT2D eigenvalue weighted by atomic mass is 10.2. The number of rotatable bonds is 4. The summed E-state index contributed by atoms with van der Waals surface area (Å²) in [6.45, 7) is 2.73. The van der Waals surface area contributed by atoms with Gasteiger partial charge < -0.3 is 9.47 Å². The first-order chi connectivity index (χ1) is 11.1. The number of para-hydroxylation sites is 1. The lowest BCUT2D eigenvalue weighted by Crippen LogP contribution is -2.35. The topological polar surface area (TPSA) is 51.0 Å². The van der Waals surface area contributed by atoms with E-state index in [4.69, 9.17) is 0 Å². The van der Waals surface area contributed by atoms with Crippen molar-refractivity contribution in [2.45, 2.75) is 42.5 Å². The molecule has 4 rings (SSSR count). The third-order valence-corrected chi connectivity index (χ3v) is 5.72. The number of hydrogen-bond donors (Lipinski definition) is 0. The molecule has 120 valence electrons. The second kappa shape index (κ2) is 5.67. The molecule has 1 fully saturated rings. The van der Waals surface area contributed by atoms with Crippen LogP contribution in [0, 0.1) is 0 Å². The van der Waals surface area contributed by atoms with Gasteiger partial charge in [-0.1, -0.05) is 30.0 Å². The maximum absolute atomic E-state index is 12.8. The van der Waals surface area contributed by atoms with Crippen LogP contribution in [-0.4, -0.2) is 32.5 Å². The molecule has 1 aromatic carbocycles. The zero-order valence-corrected chi connectivity index (χ0v) is 14.2. The van der Waals surface area contributed by atoms with Crippen LogP contribution < -0.4 is 4.90 Å². The molecule has 2 aliphatic rings. The third kappa shape index (κ3) is 2.65. The fourth-order valence-corrected chi connectivity index (χ4v) is 4.00. The maximum Gasteiger partial charge on any atom is 0.240 e. The van der Waals surface area contributed by atoms with Gasteiger partial charge in [-0.3, -0.25) is 4.79 Å². The van der Waals surface area contributed by atoms with Crippen LogP contribution in [0.1, 0.15) is 37.1 Å². The molecule has 1 atom stereocenters. The van der Waals surface area contributed by atoms with E-state index >= 15 is 0 Å². The van der Waals surface area contributed by atoms with Crippen LogP contribution in [0.2, 0.25) is 0 Å². The van der Waals surface area contributed by atoms with Crippen molar-refractivity contribution >= 4 is 23.4 Å². The van der Waals surface area contributed by atoms with Crippen molar-refractivity contribution in [1.82, 2.24) is 14.8 Å². The Morgan fingerprint density at radius 3 is 2.87 bits per heavy atom. The second-order valence-corrected chi connectivity index (χ2v) is 7.61. The highest BCUT2D eigenvalue weighted by atomic mass is 32.2. The van der Waals surface area contributed by atoms with Crippen molar-refractivity contribution in [2.75, 3.05) is 11.4 Å². The lowest BCUT2D eigenvalue weighted by Gasteiger charge is -2.21. The summed E-state index contributed by atoms with van der Waals surface area (Å²) in [6, 6.07) is 8.16. The van der Waals surface area contributed by atoms with Crippen LogP contribution >= 0.6 is 11.8 Å². The highest BCUT2D eigenvalue weighted by Gasteiger charge is 2.32. The van der Waals surface area contributed by atoms with E-state index in [1.165, 1.54) is 30.2 Å². The molecule has 0 saturated heterocycles. The van der Waals surface area contributed by atoms with Crippen molar-refractivity contribution in [3.8, 4) is 0 Å². The first-order valence-electron chi connectivity index (χ1n) is 8.10. The predicted octanol–water partition coefficient (Wildman–Crippen LogP) is 2.76. The van der Waals surface area contributed by atoms with Crippen LogP contribution in [0.25, 0.3) is 0 Å². The maximum atomic E-state index is 12.8. The standard InChI is InChI=1S/C17H20N4OS/c1-11(23-17-19-18-15(20(17)2)13-7-8-13)16(22)21-10-9-12-5-3-4-6-14(12)21/h3-6,11,13H,7-10H2,1-2H3/t11-/m1/s1. The van der Waals surface area contributed by atoms with Crippen LogP contribution in [0.4, 0.5) is 5.69 Å². The van der Waals surface area contributed by atoms with Crippen molar-refractivity contribution in [1.29, 1.82) is 0 Å². The molecule has 6 heteroatoms. The van der Waals surface area contributed by atoms with Gasteiger partial charge in [0.2, 0.25) is 5.91 Å². The molecule has 2 heterocycles. The Kier molecular flexibility index (Phi) is 3.64. The molecule has 2 aromatic rings. The number of hydrogen-bond acceptors (Lipinski definition) is 4. The number of benzene rings is 1. The molecule has 5 nitrogen and oxygen atoms in total. The zero-order chi connectivity index (χ0) is 16.0. The Labute approximate surface area is 140 Å². The number of nitrogens with zero attached hydrogens (tertiary/aromatic N) is 4. The first kappa shape index (κ1) is 14.8. The molecule has 0 radical (unpaired) electrons. The number of amides is 1. The van der Waals surface area contributed by atoms with E-state index in [1.807, 2.05) is 41.6 Å². The van der Waals surface area contributed by atoms with Crippen molar-refractivity contribution in [3.05, 3.63) is 35.7 Å². The summed E-state index contributed by atoms with van der Waals surface area (Å²) in [4.78, 5) is 14.7. The average Bonchev–Trinajstić information content (AvgIpc) is 3.21.